The van der Waals surface area contributed by atoms with Crippen molar-refractivity contribution in [3.05, 3.63) is 58.6 Å². The Kier molecular flexibility index (Phi) is 4.50. The highest BCUT2D eigenvalue weighted by atomic mass is 35.5. The number of nitrogens with zero attached hydrogens (tertiary/aromatic N) is 1. The molecule has 2 aromatic carbocycles. The van der Waals surface area contributed by atoms with E-state index in [0.29, 0.717) is 0 Å². The van der Waals surface area contributed by atoms with Gasteiger partial charge in [0.2, 0.25) is 0 Å². The maximum Gasteiger partial charge on any atom is 0.339 e. The van der Waals surface area contributed by atoms with Gasteiger partial charge in [0.05, 0.1) is 16.7 Å². The molecule has 0 radical (unpaired) electrons. The van der Waals surface area contributed by atoms with Crippen LogP contribution in [0.3, 0.4) is 0 Å². The number of halogens is 1. The van der Waals surface area contributed by atoms with Gasteiger partial charge in [0.15, 0.2) is 11.5 Å². The average Bonchev–Trinajstić information content (AvgIpc) is 2.49. The number of Topliss-reactive ketones (excluding diaryl/α,β-unsaturated/α-hetero) is 1. The van der Waals surface area contributed by atoms with Crippen LogP contribution in [0.5, 0.6) is 5.75 Å². The van der Waals surface area contributed by atoms with Crippen LogP contribution in [0.15, 0.2) is 47.4 Å². The molecule has 2 rings (SSSR count). The molecule has 0 heterocycles. The molecule has 22 heavy (non-hydrogen) atoms. The van der Waals surface area contributed by atoms with Crippen LogP contribution in [0.2, 0.25) is 5.02 Å². The Labute approximate surface area is 132 Å². The maximum absolute atomic E-state index is 12.2. The van der Waals surface area contributed by atoms with Gasteiger partial charge in [0.1, 0.15) is 4.90 Å². The first-order chi connectivity index (χ1) is 10.3. The highest BCUT2D eigenvalue weighted by molar-refractivity contribution is 7.87. The lowest BCUT2D eigenvalue weighted by atomic mass is 10.2. The van der Waals surface area contributed by atoms with Gasteiger partial charge >= 0.3 is 10.1 Å². The molecule has 0 bridgehead atoms. The zero-order chi connectivity index (χ0) is 16.3. The van der Waals surface area contributed by atoms with Crippen LogP contribution in [0.25, 0.3) is 0 Å². The predicted octanol–water partition coefficient (Wildman–Crippen LogP) is 3.18. The Hall–Kier alpha value is -2.36. The molecule has 0 atom stereocenters. The minimum absolute atomic E-state index is 0.00495. The normalized spacial score (nSPS) is 10.8. The summed E-state index contributed by atoms with van der Waals surface area (Å²) in [7, 11) is -4.13. The van der Waals surface area contributed by atoms with Crippen LogP contribution >= 0.6 is 11.6 Å². The lowest BCUT2D eigenvalue weighted by molar-refractivity contribution is 0.101. The Morgan fingerprint density at radius 2 is 1.95 bits per heavy atom. The lowest BCUT2D eigenvalue weighted by Crippen LogP contribution is -2.11. The van der Waals surface area contributed by atoms with E-state index in [0.717, 1.165) is 0 Å². The average molecular weight is 336 g/mol. The maximum atomic E-state index is 12.2. The van der Waals surface area contributed by atoms with Crippen LogP contribution in [0, 0.1) is 11.3 Å². The summed E-state index contributed by atoms with van der Waals surface area (Å²) in [5.41, 5.74) is 0.545. The van der Waals surface area contributed by atoms with E-state index in [9.17, 15) is 13.2 Å². The fourth-order valence-corrected chi connectivity index (χ4v) is 2.93. The standard InChI is InChI=1S/C15H10ClNO4S/c1-10(18)12-3-2-4-13(8-12)22(19,20)21-15-6-5-11(9-17)7-14(15)16/h2-8H,1H3. The summed E-state index contributed by atoms with van der Waals surface area (Å²) in [6.07, 6.45) is 0. The molecule has 0 saturated heterocycles. The Morgan fingerprint density at radius 1 is 1.23 bits per heavy atom. The molecule has 0 amide bonds. The van der Waals surface area contributed by atoms with E-state index < -0.39 is 10.1 Å². The van der Waals surface area contributed by atoms with Gasteiger partial charge in [-0.15, -0.1) is 0 Å². The van der Waals surface area contributed by atoms with Gasteiger partial charge in [0.25, 0.3) is 0 Å². The molecular formula is C15H10ClNO4S. The number of carbonyl (C=O) groups is 1. The van der Waals surface area contributed by atoms with Gasteiger partial charge in [-0.1, -0.05) is 23.7 Å². The fourth-order valence-electron chi connectivity index (χ4n) is 1.67. The van der Waals surface area contributed by atoms with Gasteiger partial charge in [-0.25, -0.2) is 0 Å². The first-order valence-corrected chi connectivity index (χ1v) is 7.87. The molecule has 0 unspecified atom stereocenters. The molecule has 7 heteroatoms. The van der Waals surface area contributed by atoms with Crippen molar-refractivity contribution in [3.63, 3.8) is 0 Å². The van der Waals surface area contributed by atoms with Crippen LogP contribution in [0.1, 0.15) is 22.8 Å². The van der Waals surface area contributed by atoms with E-state index in [2.05, 4.69) is 0 Å². The number of benzene rings is 2. The van der Waals surface area contributed by atoms with Gasteiger partial charge in [-0.05, 0) is 37.3 Å². The second-order valence-corrected chi connectivity index (χ2v) is 6.33. The van der Waals surface area contributed by atoms with E-state index >= 15 is 0 Å². The highest BCUT2D eigenvalue weighted by Gasteiger charge is 2.19. The molecule has 0 N–H and O–H groups in total. The van der Waals surface area contributed by atoms with Gasteiger partial charge in [-0.3, -0.25) is 4.79 Å². The Balaban J connectivity index is 2.38. The molecule has 5 nitrogen and oxygen atoms in total. The summed E-state index contributed by atoms with van der Waals surface area (Å²) in [4.78, 5) is 11.2. The Morgan fingerprint density at radius 3 is 2.55 bits per heavy atom. The van der Waals surface area contributed by atoms with Crippen molar-refractivity contribution < 1.29 is 17.4 Å². The third kappa shape index (κ3) is 3.45. The van der Waals surface area contributed by atoms with Crippen molar-refractivity contribution >= 4 is 27.5 Å². The van der Waals surface area contributed by atoms with Gasteiger partial charge in [0, 0.05) is 5.56 Å². The van der Waals surface area contributed by atoms with Crippen LogP contribution in [-0.4, -0.2) is 14.2 Å². The smallest absolute Gasteiger partial charge is 0.339 e. The van der Waals surface area contributed by atoms with E-state index in [1.807, 2.05) is 6.07 Å². The first kappa shape index (κ1) is 16.0. The van der Waals surface area contributed by atoms with Crippen molar-refractivity contribution in [2.75, 3.05) is 0 Å². The summed E-state index contributed by atoms with van der Waals surface area (Å²) >= 11 is 5.89. The van der Waals surface area contributed by atoms with Crippen molar-refractivity contribution in [1.29, 1.82) is 5.26 Å². The first-order valence-electron chi connectivity index (χ1n) is 6.08. The number of ketones is 1. The molecule has 0 aliphatic carbocycles. The van der Waals surface area contributed by atoms with Crippen molar-refractivity contribution in [2.24, 2.45) is 0 Å². The van der Waals surface area contributed by atoms with Crippen molar-refractivity contribution in [2.45, 2.75) is 11.8 Å². The minimum Gasteiger partial charge on any atom is -0.377 e. The summed E-state index contributed by atoms with van der Waals surface area (Å²) in [6, 6.07) is 11.4. The fraction of sp³-hybridized carbons (Fsp3) is 0.0667. The zero-order valence-corrected chi connectivity index (χ0v) is 13.0. The number of hydrogen-bond acceptors (Lipinski definition) is 5. The largest absolute Gasteiger partial charge is 0.377 e. The van der Waals surface area contributed by atoms with E-state index in [4.69, 9.17) is 21.0 Å². The molecule has 0 aliphatic heterocycles. The molecule has 0 aliphatic rings. The second kappa shape index (κ2) is 6.18. The van der Waals surface area contributed by atoms with Gasteiger partial charge in [-0.2, -0.15) is 13.7 Å². The van der Waals surface area contributed by atoms with Crippen LogP contribution < -0.4 is 4.18 Å². The Bertz CT molecular complexity index is 885. The quantitative estimate of drug-likeness (QED) is 0.633. The zero-order valence-electron chi connectivity index (χ0n) is 11.4. The van der Waals surface area contributed by atoms with Crippen molar-refractivity contribution in [3.8, 4) is 11.8 Å². The minimum atomic E-state index is -4.13. The van der Waals surface area contributed by atoms with E-state index in [1.54, 1.807) is 0 Å². The van der Waals surface area contributed by atoms with Crippen LogP contribution in [-0.2, 0) is 10.1 Å². The number of nitriles is 1. The molecule has 2 aromatic rings. The monoisotopic (exact) mass is 335 g/mol. The SMILES string of the molecule is CC(=O)c1cccc(S(=O)(=O)Oc2ccc(C#N)cc2Cl)c1. The summed E-state index contributed by atoms with van der Waals surface area (Å²) < 4.78 is 29.4. The molecule has 0 fully saturated rings. The lowest BCUT2D eigenvalue weighted by Gasteiger charge is -2.09. The molecular weight excluding hydrogens is 326 g/mol. The summed E-state index contributed by atoms with van der Waals surface area (Å²) in [5.74, 6) is -0.345. The highest BCUT2D eigenvalue weighted by Crippen LogP contribution is 2.28. The summed E-state index contributed by atoms with van der Waals surface area (Å²) in [6.45, 7) is 1.34. The summed E-state index contributed by atoms with van der Waals surface area (Å²) in [5, 5.41) is 8.75. The number of rotatable bonds is 4. The van der Waals surface area contributed by atoms with Crippen molar-refractivity contribution in [1.82, 2.24) is 0 Å². The molecule has 0 spiro atoms. The molecule has 112 valence electrons. The van der Waals surface area contributed by atoms with Gasteiger partial charge < -0.3 is 4.18 Å². The van der Waals surface area contributed by atoms with Crippen LogP contribution in [0.4, 0.5) is 0 Å². The van der Waals surface area contributed by atoms with E-state index in [-0.39, 0.29) is 32.6 Å². The molecule has 0 aromatic heterocycles. The third-order valence-electron chi connectivity index (χ3n) is 2.79. The second-order valence-electron chi connectivity index (χ2n) is 4.38. The number of carbonyl (C=O) groups excluding carboxylic acids is 1. The molecule has 0 saturated carbocycles. The number of hydrogen-bond donors (Lipinski definition) is 0. The predicted molar refractivity (Wildman–Crippen MR) is 80.4 cm³/mol. The third-order valence-corrected chi connectivity index (χ3v) is 4.32. The van der Waals surface area contributed by atoms with E-state index in [1.165, 1.54) is 49.4 Å². The topological polar surface area (TPSA) is 84.2 Å².